The maximum Gasteiger partial charge on any atom is 0.241 e. The summed E-state index contributed by atoms with van der Waals surface area (Å²) in [7, 11) is -3.80. The number of nitrogens with zero attached hydrogens (tertiary/aromatic N) is 1. The van der Waals surface area contributed by atoms with E-state index < -0.39 is 22.5 Å². The number of ether oxygens (including phenoxy) is 1. The fourth-order valence-corrected chi connectivity index (χ4v) is 3.11. The van der Waals surface area contributed by atoms with E-state index in [0.29, 0.717) is 18.0 Å². The molecule has 2 rings (SSSR count). The quantitative estimate of drug-likeness (QED) is 0.736. The molecule has 0 aliphatic heterocycles. The highest BCUT2D eigenvalue weighted by molar-refractivity contribution is 7.89. The van der Waals surface area contributed by atoms with Crippen molar-refractivity contribution in [1.29, 1.82) is 5.26 Å². The number of carbonyl (C=O) groups is 1. The maximum absolute atomic E-state index is 12.2. The van der Waals surface area contributed by atoms with Crippen LogP contribution >= 0.6 is 0 Å². The number of rotatable bonds is 8. The van der Waals surface area contributed by atoms with Crippen LogP contribution in [-0.2, 0) is 21.2 Å². The van der Waals surface area contributed by atoms with Crippen molar-refractivity contribution in [3.05, 3.63) is 54.1 Å². The Morgan fingerprint density at radius 1 is 1.12 bits per heavy atom. The summed E-state index contributed by atoms with van der Waals surface area (Å²) in [5.74, 6) is 0.0802. The van der Waals surface area contributed by atoms with Crippen LogP contribution in [0.25, 0.3) is 0 Å². The van der Waals surface area contributed by atoms with Gasteiger partial charge in [-0.25, -0.2) is 13.1 Å². The predicted molar refractivity (Wildman–Crippen MR) is 97.2 cm³/mol. The molecule has 0 saturated heterocycles. The molecule has 0 heterocycles. The molecule has 0 aliphatic rings. The van der Waals surface area contributed by atoms with Crippen molar-refractivity contribution in [3.8, 4) is 11.8 Å². The minimum Gasteiger partial charge on any atom is -0.494 e. The fraction of sp³-hybridized carbons (Fsp3) is 0.222. The van der Waals surface area contributed by atoms with E-state index in [1.165, 1.54) is 12.1 Å². The lowest BCUT2D eigenvalue weighted by Crippen LogP contribution is -2.32. The van der Waals surface area contributed by atoms with Crippen molar-refractivity contribution in [1.82, 2.24) is 4.72 Å². The Balaban J connectivity index is 1.91. The first kappa shape index (κ1) is 19.4. The van der Waals surface area contributed by atoms with Crippen LogP contribution < -0.4 is 14.8 Å². The molecule has 1 amide bonds. The molecule has 0 atom stereocenters. The van der Waals surface area contributed by atoms with E-state index in [2.05, 4.69) is 10.0 Å². The Kier molecular flexibility index (Phi) is 6.72. The van der Waals surface area contributed by atoms with Crippen LogP contribution in [0.4, 0.5) is 5.69 Å². The minimum absolute atomic E-state index is 0.0506. The number of nitriles is 1. The Hall–Kier alpha value is -2.89. The highest BCUT2D eigenvalue weighted by Gasteiger charge is 2.15. The molecule has 0 unspecified atom stereocenters. The summed E-state index contributed by atoms with van der Waals surface area (Å²) >= 11 is 0. The van der Waals surface area contributed by atoms with Gasteiger partial charge in [0.15, 0.2) is 0 Å². The smallest absolute Gasteiger partial charge is 0.241 e. The molecule has 0 aliphatic carbocycles. The van der Waals surface area contributed by atoms with E-state index in [9.17, 15) is 13.2 Å². The normalized spacial score (nSPS) is 10.8. The molecule has 0 bridgehead atoms. The standard InChI is InChI=1S/C18H19N3O4S/c1-2-25-16-7-9-17(10-8-16)26(23,24)20-13-18(22)21-15-5-3-14(4-6-15)11-12-19/h3-10,20H,2,11,13H2,1H3,(H,21,22). The summed E-state index contributed by atoms with van der Waals surface area (Å²) in [6.45, 7) is 1.93. The van der Waals surface area contributed by atoms with Crippen LogP contribution in [-0.4, -0.2) is 27.5 Å². The second-order valence-electron chi connectivity index (χ2n) is 5.31. The minimum atomic E-state index is -3.80. The lowest BCUT2D eigenvalue weighted by atomic mass is 10.1. The first-order valence-corrected chi connectivity index (χ1v) is 9.41. The summed E-state index contributed by atoms with van der Waals surface area (Å²) in [6, 6.07) is 14.7. The zero-order valence-electron chi connectivity index (χ0n) is 14.2. The van der Waals surface area contributed by atoms with Crippen molar-refractivity contribution in [3.63, 3.8) is 0 Å². The van der Waals surface area contributed by atoms with E-state index >= 15 is 0 Å². The van der Waals surface area contributed by atoms with Gasteiger partial charge >= 0.3 is 0 Å². The summed E-state index contributed by atoms with van der Waals surface area (Å²) in [5, 5.41) is 11.2. The van der Waals surface area contributed by atoms with Gasteiger partial charge in [0.2, 0.25) is 15.9 Å². The molecule has 7 nitrogen and oxygen atoms in total. The van der Waals surface area contributed by atoms with Gasteiger partial charge in [0.05, 0.1) is 30.5 Å². The Labute approximate surface area is 152 Å². The monoisotopic (exact) mass is 373 g/mol. The summed E-state index contributed by atoms with van der Waals surface area (Å²) in [6.07, 6.45) is 0.288. The third kappa shape index (κ3) is 5.58. The largest absolute Gasteiger partial charge is 0.494 e. The van der Waals surface area contributed by atoms with Gasteiger partial charge in [0.1, 0.15) is 5.75 Å². The fourth-order valence-electron chi connectivity index (χ4n) is 2.13. The van der Waals surface area contributed by atoms with Gasteiger partial charge in [0.25, 0.3) is 0 Å². The van der Waals surface area contributed by atoms with Gasteiger partial charge in [-0.05, 0) is 48.9 Å². The Bertz CT molecular complexity index is 886. The number of anilines is 1. The van der Waals surface area contributed by atoms with Crippen LogP contribution in [0.5, 0.6) is 5.75 Å². The van der Waals surface area contributed by atoms with Crippen molar-refractivity contribution >= 4 is 21.6 Å². The molecule has 8 heteroatoms. The highest BCUT2D eigenvalue weighted by Crippen LogP contribution is 2.16. The Morgan fingerprint density at radius 3 is 2.35 bits per heavy atom. The molecule has 0 spiro atoms. The number of hydrogen-bond donors (Lipinski definition) is 2. The number of hydrogen-bond acceptors (Lipinski definition) is 5. The average Bonchev–Trinajstić information content (AvgIpc) is 2.63. The third-order valence-corrected chi connectivity index (χ3v) is 4.81. The maximum atomic E-state index is 12.2. The van der Waals surface area contributed by atoms with E-state index in [-0.39, 0.29) is 11.3 Å². The molecule has 0 fully saturated rings. The van der Waals surface area contributed by atoms with Crippen molar-refractivity contribution in [2.45, 2.75) is 18.2 Å². The van der Waals surface area contributed by atoms with E-state index in [0.717, 1.165) is 5.56 Å². The highest BCUT2D eigenvalue weighted by atomic mass is 32.2. The molecule has 26 heavy (non-hydrogen) atoms. The van der Waals surface area contributed by atoms with Gasteiger partial charge in [-0.3, -0.25) is 4.79 Å². The van der Waals surface area contributed by atoms with Crippen LogP contribution in [0.3, 0.4) is 0 Å². The molecule has 0 saturated carbocycles. The lowest BCUT2D eigenvalue weighted by Gasteiger charge is -2.09. The zero-order chi connectivity index (χ0) is 19.0. The summed E-state index contributed by atoms with van der Waals surface area (Å²) in [4.78, 5) is 12.0. The van der Waals surface area contributed by atoms with Gasteiger partial charge < -0.3 is 10.1 Å². The lowest BCUT2D eigenvalue weighted by molar-refractivity contribution is -0.115. The van der Waals surface area contributed by atoms with Crippen LogP contribution in [0.1, 0.15) is 12.5 Å². The second kappa shape index (κ2) is 8.99. The molecule has 0 aromatic heterocycles. The number of amides is 1. The number of carbonyl (C=O) groups excluding carboxylic acids is 1. The first-order valence-electron chi connectivity index (χ1n) is 7.93. The second-order valence-corrected chi connectivity index (χ2v) is 7.08. The van der Waals surface area contributed by atoms with Crippen LogP contribution in [0.2, 0.25) is 0 Å². The van der Waals surface area contributed by atoms with Gasteiger partial charge in [-0.2, -0.15) is 5.26 Å². The van der Waals surface area contributed by atoms with Crippen LogP contribution in [0, 0.1) is 11.3 Å². The molecule has 2 aromatic carbocycles. The number of nitrogens with one attached hydrogen (secondary N) is 2. The predicted octanol–water partition coefficient (Wildman–Crippen LogP) is 2.07. The number of benzene rings is 2. The molecule has 2 aromatic rings. The summed E-state index contributed by atoms with van der Waals surface area (Å²) in [5.41, 5.74) is 1.36. The van der Waals surface area contributed by atoms with Gasteiger partial charge in [0, 0.05) is 5.69 Å². The van der Waals surface area contributed by atoms with Crippen molar-refractivity contribution in [2.24, 2.45) is 0 Å². The zero-order valence-corrected chi connectivity index (χ0v) is 15.0. The molecular weight excluding hydrogens is 354 g/mol. The SMILES string of the molecule is CCOc1ccc(S(=O)(=O)NCC(=O)Nc2ccc(CC#N)cc2)cc1. The van der Waals surface area contributed by atoms with E-state index in [1.54, 1.807) is 36.4 Å². The van der Waals surface area contributed by atoms with E-state index in [1.807, 2.05) is 13.0 Å². The summed E-state index contributed by atoms with van der Waals surface area (Å²) < 4.78 is 31.9. The molecular formula is C18H19N3O4S. The van der Waals surface area contributed by atoms with Gasteiger partial charge in [-0.15, -0.1) is 0 Å². The van der Waals surface area contributed by atoms with Crippen molar-refractivity contribution < 1.29 is 17.9 Å². The third-order valence-electron chi connectivity index (χ3n) is 3.39. The van der Waals surface area contributed by atoms with Crippen LogP contribution in [0.15, 0.2) is 53.4 Å². The molecule has 2 N–H and O–H groups in total. The molecule has 136 valence electrons. The first-order chi connectivity index (χ1) is 12.4. The molecule has 0 radical (unpaired) electrons. The van der Waals surface area contributed by atoms with E-state index in [4.69, 9.17) is 10.00 Å². The average molecular weight is 373 g/mol. The number of sulfonamides is 1. The Morgan fingerprint density at radius 2 is 1.77 bits per heavy atom. The van der Waals surface area contributed by atoms with Gasteiger partial charge in [-0.1, -0.05) is 12.1 Å². The topological polar surface area (TPSA) is 108 Å². The van der Waals surface area contributed by atoms with Crippen molar-refractivity contribution in [2.75, 3.05) is 18.5 Å².